The standard InChI is InChI=1S/C12H15BrN4O4/c1-14-10-7-5(13)2-17(11(7)16-4-15-10)12-9(20)8(19)6(3-18)21-12/h2,4,6,8-9,12,18-20H,3H2,1H3,(H,14,15,16)/t6-,8+,9+,12+/m0/s1. The maximum Gasteiger partial charge on any atom is 0.164 e. The number of nitrogens with zero attached hydrogens (tertiary/aromatic N) is 3. The summed E-state index contributed by atoms with van der Waals surface area (Å²) in [6, 6.07) is 0. The molecule has 8 nitrogen and oxygen atoms in total. The monoisotopic (exact) mass is 358 g/mol. The van der Waals surface area contributed by atoms with Crippen molar-refractivity contribution in [2.75, 3.05) is 19.0 Å². The summed E-state index contributed by atoms with van der Waals surface area (Å²) < 4.78 is 7.88. The molecule has 1 fully saturated rings. The van der Waals surface area contributed by atoms with Gasteiger partial charge in [-0.2, -0.15) is 0 Å². The third-order valence-electron chi connectivity index (χ3n) is 3.59. The van der Waals surface area contributed by atoms with Crippen molar-refractivity contribution in [3.8, 4) is 0 Å². The van der Waals surface area contributed by atoms with Crippen molar-refractivity contribution in [3.63, 3.8) is 0 Å². The lowest BCUT2D eigenvalue weighted by Gasteiger charge is -2.17. The molecule has 3 rings (SSSR count). The van der Waals surface area contributed by atoms with E-state index in [-0.39, 0.29) is 6.61 Å². The van der Waals surface area contributed by atoms with Crippen LogP contribution >= 0.6 is 15.9 Å². The lowest BCUT2D eigenvalue weighted by atomic mass is 10.1. The fourth-order valence-corrected chi connectivity index (χ4v) is 3.12. The van der Waals surface area contributed by atoms with Crippen molar-refractivity contribution >= 4 is 32.8 Å². The number of fused-ring (bicyclic) bond motifs is 1. The molecule has 1 aliphatic heterocycles. The Morgan fingerprint density at radius 3 is 2.76 bits per heavy atom. The third-order valence-corrected chi connectivity index (χ3v) is 4.19. The molecule has 0 aliphatic carbocycles. The molecule has 9 heteroatoms. The van der Waals surface area contributed by atoms with Gasteiger partial charge in [0.1, 0.15) is 36.1 Å². The quantitative estimate of drug-likeness (QED) is 0.603. The Labute approximate surface area is 128 Å². The summed E-state index contributed by atoms with van der Waals surface area (Å²) in [5.41, 5.74) is 0.552. The van der Waals surface area contributed by atoms with Gasteiger partial charge >= 0.3 is 0 Å². The van der Waals surface area contributed by atoms with Gasteiger partial charge in [0.2, 0.25) is 0 Å². The number of anilines is 1. The van der Waals surface area contributed by atoms with Crippen LogP contribution < -0.4 is 5.32 Å². The van der Waals surface area contributed by atoms with Gasteiger partial charge in [0.25, 0.3) is 0 Å². The fourth-order valence-electron chi connectivity index (χ4n) is 2.53. The van der Waals surface area contributed by atoms with Crippen molar-refractivity contribution in [2.45, 2.75) is 24.5 Å². The number of hydrogen-bond acceptors (Lipinski definition) is 7. The lowest BCUT2D eigenvalue weighted by molar-refractivity contribution is -0.0509. The molecule has 0 spiro atoms. The van der Waals surface area contributed by atoms with Crippen LogP contribution in [-0.2, 0) is 4.74 Å². The van der Waals surface area contributed by atoms with Crippen LogP contribution in [0.4, 0.5) is 5.82 Å². The number of aromatic nitrogens is 3. The molecule has 0 saturated carbocycles. The number of nitrogens with one attached hydrogen (secondary N) is 1. The van der Waals surface area contributed by atoms with Gasteiger partial charge in [0.05, 0.1) is 12.0 Å². The van der Waals surface area contributed by atoms with Gasteiger partial charge in [-0.15, -0.1) is 0 Å². The summed E-state index contributed by atoms with van der Waals surface area (Å²) >= 11 is 3.43. The first-order chi connectivity index (χ1) is 10.1. The molecule has 0 amide bonds. The van der Waals surface area contributed by atoms with Gasteiger partial charge in [-0.25, -0.2) is 9.97 Å². The van der Waals surface area contributed by atoms with Crippen LogP contribution in [0.5, 0.6) is 0 Å². The summed E-state index contributed by atoms with van der Waals surface area (Å²) in [6.07, 6.45) is -0.851. The summed E-state index contributed by atoms with van der Waals surface area (Å²) in [4.78, 5) is 8.35. The zero-order valence-corrected chi connectivity index (χ0v) is 12.7. The van der Waals surface area contributed by atoms with E-state index in [0.717, 1.165) is 9.86 Å². The Bertz CT molecular complexity index is 664. The molecule has 4 N–H and O–H groups in total. The van der Waals surface area contributed by atoms with E-state index in [4.69, 9.17) is 9.84 Å². The van der Waals surface area contributed by atoms with E-state index in [2.05, 4.69) is 31.2 Å². The molecule has 21 heavy (non-hydrogen) atoms. The van der Waals surface area contributed by atoms with Crippen molar-refractivity contribution in [3.05, 3.63) is 17.0 Å². The van der Waals surface area contributed by atoms with E-state index < -0.39 is 24.5 Å². The Morgan fingerprint density at radius 1 is 1.38 bits per heavy atom. The summed E-state index contributed by atoms with van der Waals surface area (Å²) in [7, 11) is 1.75. The molecule has 0 bridgehead atoms. The minimum atomic E-state index is -1.15. The van der Waals surface area contributed by atoms with Crippen LogP contribution in [0.3, 0.4) is 0 Å². The van der Waals surface area contributed by atoms with Crippen LogP contribution in [0.2, 0.25) is 0 Å². The molecule has 1 saturated heterocycles. The highest BCUT2D eigenvalue weighted by atomic mass is 79.9. The zero-order chi connectivity index (χ0) is 15.1. The first kappa shape index (κ1) is 14.7. The van der Waals surface area contributed by atoms with Crippen LogP contribution in [0, 0.1) is 0 Å². The molecule has 4 atom stereocenters. The minimum absolute atomic E-state index is 0.369. The van der Waals surface area contributed by atoms with Gasteiger partial charge in [0.15, 0.2) is 6.23 Å². The molecule has 2 aromatic heterocycles. The van der Waals surface area contributed by atoms with Gasteiger partial charge in [-0.3, -0.25) is 0 Å². The molecule has 0 aromatic carbocycles. The molecule has 0 unspecified atom stereocenters. The highest BCUT2D eigenvalue weighted by Gasteiger charge is 2.44. The van der Waals surface area contributed by atoms with E-state index in [1.807, 2.05) is 0 Å². The number of aliphatic hydroxyl groups excluding tert-OH is 3. The lowest BCUT2D eigenvalue weighted by Crippen LogP contribution is -2.33. The van der Waals surface area contributed by atoms with Crippen LogP contribution in [0.25, 0.3) is 11.0 Å². The van der Waals surface area contributed by atoms with E-state index >= 15 is 0 Å². The number of rotatable bonds is 3. The Morgan fingerprint density at radius 2 is 2.14 bits per heavy atom. The van der Waals surface area contributed by atoms with E-state index in [0.29, 0.717) is 11.5 Å². The van der Waals surface area contributed by atoms with Gasteiger partial charge < -0.3 is 29.9 Å². The zero-order valence-electron chi connectivity index (χ0n) is 11.1. The number of ether oxygens (including phenoxy) is 1. The number of halogens is 1. The van der Waals surface area contributed by atoms with Crippen LogP contribution in [-0.4, -0.2) is 61.8 Å². The van der Waals surface area contributed by atoms with Gasteiger partial charge in [-0.05, 0) is 15.9 Å². The van der Waals surface area contributed by atoms with E-state index in [1.165, 1.54) is 6.33 Å². The Kier molecular flexibility index (Phi) is 3.84. The first-order valence-electron chi connectivity index (χ1n) is 6.39. The molecular weight excluding hydrogens is 344 g/mol. The van der Waals surface area contributed by atoms with Crippen molar-refractivity contribution < 1.29 is 20.1 Å². The Hall–Kier alpha value is -1.26. The van der Waals surface area contributed by atoms with E-state index in [1.54, 1.807) is 17.8 Å². The van der Waals surface area contributed by atoms with Crippen molar-refractivity contribution in [1.82, 2.24) is 14.5 Å². The predicted molar refractivity (Wildman–Crippen MR) is 77.8 cm³/mol. The fraction of sp³-hybridized carbons (Fsp3) is 0.500. The molecular formula is C12H15BrN4O4. The van der Waals surface area contributed by atoms with Gasteiger partial charge in [0, 0.05) is 17.7 Å². The normalized spacial score (nSPS) is 29.2. The average Bonchev–Trinajstić information content (AvgIpc) is 2.98. The molecule has 1 aliphatic rings. The molecule has 2 aromatic rings. The highest BCUT2D eigenvalue weighted by Crippen LogP contribution is 2.36. The summed E-state index contributed by atoms with van der Waals surface area (Å²) in [6.45, 7) is -0.369. The largest absolute Gasteiger partial charge is 0.394 e. The average molecular weight is 359 g/mol. The van der Waals surface area contributed by atoms with Crippen LogP contribution in [0.1, 0.15) is 6.23 Å². The Balaban J connectivity index is 2.10. The first-order valence-corrected chi connectivity index (χ1v) is 7.19. The minimum Gasteiger partial charge on any atom is -0.394 e. The third kappa shape index (κ3) is 2.21. The van der Waals surface area contributed by atoms with Gasteiger partial charge in [-0.1, -0.05) is 0 Å². The van der Waals surface area contributed by atoms with E-state index in [9.17, 15) is 10.2 Å². The summed E-state index contributed by atoms with van der Waals surface area (Å²) in [5, 5.41) is 32.9. The maximum atomic E-state index is 10.1. The van der Waals surface area contributed by atoms with Crippen molar-refractivity contribution in [2.24, 2.45) is 0 Å². The molecule has 114 valence electrons. The number of aliphatic hydroxyl groups is 3. The molecule has 3 heterocycles. The smallest absolute Gasteiger partial charge is 0.164 e. The predicted octanol–water partition coefficient (Wildman–Crippen LogP) is -0.153. The highest BCUT2D eigenvalue weighted by molar-refractivity contribution is 9.10. The maximum absolute atomic E-state index is 10.1. The number of hydrogen-bond donors (Lipinski definition) is 4. The SMILES string of the molecule is CNc1ncnc2c1c(Br)cn2[C@@H]1O[C@@H](CO)[C@@H](O)[C@H]1O. The second-order valence-corrected chi connectivity index (χ2v) is 5.64. The summed E-state index contributed by atoms with van der Waals surface area (Å²) in [5.74, 6) is 0.636. The second-order valence-electron chi connectivity index (χ2n) is 4.78. The topological polar surface area (TPSA) is 113 Å². The van der Waals surface area contributed by atoms with Crippen LogP contribution in [0.15, 0.2) is 17.0 Å². The molecule has 0 radical (unpaired) electrons. The second kappa shape index (κ2) is 5.50. The van der Waals surface area contributed by atoms with Crippen molar-refractivity contribution in [1.29, 1.82) is 0 Å².